The van der Waals surface area contributed by atoms with Gasteiger partial charge in [-0.3, -0.25) is 0 Å². The van der Waals surface area contributed by atoms with E-state index in [1.807, 2.05) is 0 Å². The van der Waals surface area contributed by atoms with Crippen molar-refractivity contribution >= 4 is 17.4 Å². The topological polar surface area (TPSA) is 68.9 Å². The van der Waals surface area contributed by atoms with Crippen LogP contribution in [0.4, 0.5) is 5.82 Å². The number of aromatic nitrogens is 1. The fourth-order valence-electron chi connectivity index (χ4n) is 2.51. The van der Waals surface area contributed by atoms with Crippen molar-refractivity contribution < 1.29 is 5.11 Å². The second kappa shape index (κ2) is 6.03. The molecule has 1 heterocycles. The molecular weight excluding hydrogens is 250 g/mol. The Morgan fingerprint density at radius 3 is 2.94 bits per heavy atom. The van der Waals surface area contributed by atoms with E-state index in [1.54, 1.807) is 12.1 Å². The summed E-state index contributed by atoms with van der Waals surface area (Å²) in [7, 11) is 0. The molecular formula is C13H16ClN3O. The molecule has 0 saturated heterocycles. The SMILES string of the molecule is N#Cc1cc(Cl)nc(NCC2CCCC2CO)c1. The predicted molar refractivity (Wildman–Crippen MR) is 70.4 cm³/mol. The highest BCUT2D eigenvalue weighted by Gasteiger charge is 2.26. The van der Waals surface area contributed by atoms with Crippen LogP contribution in [-0.4, -0.2) is 23.2 Å². The molecule has 5 heteroatoms. The third-order valence-electron chi connectivity index (χ3n) is 3.52. The zero-order valence-corrected chi connectivity index (χ0v) is 10.8. The van der Waals surface area contributed by atoms with E-state index in [0.29, 0.717) is 28.4 Å². The molecule has 1 aromatic rings. The number of aliphatic hydroxyl groups is 1. The molecule has 0 bridgehead atoms. The van der Waals surface area contributed by atoms with Crippen LogP contribution in [-0.2, 0) is 0 Å². The van der Waals surface area contributed by atoms with Crippen LogP contribution in [0, 0.1) is 23.2 Å². The Balaban J connectivity index is 1.98. The van der Waals surface area contributed by atoms with Gasteiger partial charge in [0.1, 0.15) is 11.0 Å². The van der Waals surface area contributed by atoms with Crippen LogP contribution >= 0.6 is 11.6 Å². The highest BCUT2D eigenvalue weighted by atomic mass is 35.5. The minimum atomic E-state index is 0.249. The van der Waals surface area contributed by atoms with E-state index in [2.05, 4.69) is 16.4 Å². The molecule has 2 N–H and O–H groups in total. The summed E-state index contributed by atoms with van der Waals surface area (Å²) < 4.78 is 0. The first-order valence-corrected chi connectivity index (χ1v) is 6.53. The van der Waals surface area contributed by atoms with Gasteiger partial charge >= 0.3 is 0 Å². The van der Waals surface area contributed by atoms with Crippen LogP contribution < -0.4 is 5.32 Å². The largest absolute Gasteiger partial charge is 0.396 e. The molecule has 1 aliphatic rings. The number of anilines is 1. The smallest absolute Gasteiger partial charge is 0.132 e. The van der Waals surface area contributed by atoms with Crippen LogP contribution in [0.1, 0.15) is 24.8 Å². The number of hydrogen-bond donors (Lipinski definition) is 2. The molecule has 96 valence electrons. The van der Waals surface area contributed by atoms with E-state index < -0.39 is 0 Å². The van der Waals surface area contributed by atoms with Crippen molar-refractivity contribution in [3.05, 3.63) is 22.8 Å². The molecule has 0 aromatic carbocycles. The van der Waals surface area contributed by atoms with Gasteiger partial charge in [-0.05, 0) is 36.8 Å². The average Bonchev–Trinajstić information content (AvgIpc) is 2.83. The van der Waals surface area contributed by atoms with Gasteiger partial charge in [-0.2, -0.15) is 5.26 Å². The summed E-state index contributed by atoms with van der Waals surface area (Å²) in [5.74, 6) is 1.48. The number of nitriles is 1. The number of hydrogen-bond acceptors (Lipinski definition) is 4. The zero-order valence-electron chi connectivity index (χ0n) is 10.1. The summed E-state index contributed by atoms with van der Waals surface area (Å²) in [4.78, 5) is 4.13. The van der Waals surface area contributed by atoms with E-state index in [9.17, 15) is 5.11 Å². The molecule has 18 heavy (non-hydrogen) atoms. The summed E-state index contributed by atoms with van der Waals surface area (Å²) >= 11 is 5.84. The van der Waals surface area contributed by atoms with Crippen molar-refractivity contribution in [1.82, 2.24) is 4.98 Å². The quantitative estimate of drug-likeness (QED) is 0.821. The van der Waals surface area contributed by atoms with Crippen molar-refractivity contribution in [2.45, 2.75) is 19.3 Å². The standard InChI is InChI=1S/C13H16ClN3O/c14-12-4-9(6-15)5-13(17-12)16-7-10-2-1-3-11(10)8-18/h4-5,10-11,18H,1-3,7-8H2,(H,16,17). The first-order chi connectivity index (χ1) is 8.72. The van der Waals surface area contributed by atoms with Crippen LogP contribution in [0.3, 0.4) is 0 Å². The lowest BCUT2D eigenvalue weighted by Crippen LogP contribution is -2.21. The molecule has 2 unspecified atom stereocenters. The number of aliphatic hydroxyl groups excluding tert-OH is 1. The summed E-state index contributed by atoms with van der Waals surface area (Å²) in [6, 6.07) is 5.28. The Morgan fingerprint density at radius 1 is 1.44 bits per heavy atom. The maximum absolute atomic E-state index is 9.25. The number of nitrogens with zero attached hydrogens (tertiary/aromatic N) is 2. The number of nitrogens with one attached hydrogen (secondary N) is 1. The fourth-order valence-corrected chi connectivity index (χ4v) is 2.72. The highest BCUT2D eigenvalue weighted by Crippen LogP contribution is 2.31. The van der Waals surface area contributed by atoms with Gasteiger partial charge in [0.25, 0.3) is 0 Å². The van der Waals surface area contributed by atoms with Crippen LogP contribution in [0.15, 0.2) is 12.1 Å². The molecule has 2 atom stereocenters. The van der Waals surface area contributed by atoms with E-state index >= 15 is 0 Å². The van der Waals surface area contributed by atoms with E-state index in [0.717, 1.165) is 19.4 Å². The molecule has 1 aliphatic carbocycles. The first kappa shape index (κ1) is 13.1. The van der Waals surface area contributed by atoms with Gasteiger partial charge in [0.05, 0.1) is 11.6 Å². The third-order valence-corrected chi connectivity index (χ3v) is 3.71. The Hall–Kier alpha value is -1.31. The zero-order chi connectivity index (χ0) is 13.0. The molecule has 4 nitrogen and oxygen atoms in total. The molecule has 0 radical (unpaired) electrons. The predicted octanol–water partition coefficient (Wildman–Crippen LogP) is 2.43. The fraction of sp³-hybridized carbons (Fsp3) is 0.538. The Bertz CT molecular complexity index is 458. The molecule has 0 amide bonds. The Morgan fingerprint density at radius 2 is 2.22 bits per heavy atom. The lowest BCUT2D eigenvalue weighted by molar-refractivity contribution is 0.199. The molecule has 0 spiro atoms. The molecule has 1 aromatic heterocycles. The molecule has 1 fully saturated rings. The monoisotopic (exact) mass is 265 g/mol. The number of rotatable bonds is 4. The van der Waals surface area contributed by atoms with Gasteiger partial charge < -0.3 is 10.4 Å². The molecule has 2 rings (SSSR count). The third kappa shape index (κ3) is 3.12. The van der Waals surface area contributed by atoms with Crippen molar-refractivity contribution in [2.24, 2.45) is 11.8 Å². The second-order valence-electron chi connectivity index (χ2n) is 4.69. The van der Waals surface area contributed by atoms with Crippen molar-refractivity contribution in [3.63, 3.8) is 0 Å². The average molecular weight is 266 g/mol. The maximum atomic E-state index is 9.25. The van der Waals surface area contributed by atoms with Gasteiger partial charge in [0.2, 0.25) is 0 Å². The van der Waals surface area contributed by atoms with Crippen molar-refractivity contribution in [2.75, 3.05) is 18.5 Å². The maximum Gasteiger partial charge on any atom is 0.132 e. The van der Waals surface area contributed by atoms with Crippen LogP contribution in [0.25, 0.3) is 0 Å². The minimum absolute atomic E-state index is 0.249. The van der Waals surface area contributed by atoms with Gasteiger partial charge in [-0.1, -0.05) is 18.0 Å². The van der Waals surface area contributed by atoms with Gasteiger partial charge in [0, 0.05) is 13.2 Å². The van der Waals surface area contributed by atoms with Gasteiger partial charge in [0.15, 0.2) is 0 Å². The van der Waals surface area contributed by atoms with Crippen LogP contribution in [0.2, 0.25) is 5.15 Å². The lowest BCUT2D eigenvalue weighted by Gasteiger charge is -2.18. The summed E-state index contributed by atoms with van der Waals surface area (Å²) in [5, 5.41) is 21.6. The Kier molecular flexibility index (Phi) is 4.40. The molecule has 0 aliphatic heterocycles. The van der Waals surface area contributed by atoms with Gasteiger partial charge in [-0.25, -0.2) is 4.98 Å². The van der Waals surface area contributed by atoms with Gasteiger partial charge in [-0.15, -0.1) is 0 Å². The summed E-state index contributed by atoms with van der Waals surface area (Å²) in [6.45, 7) is 1.02. The van der Waals surface area contributed by atoms with E-state index in [1.165, 1.54) is 6.42 Å². The number of halogens is 1. The highest BCUT2D eigenvalue weighted by molar-refractivity contribution is 6.29. The van der Waals surface area contributed by atoms with E-state index in [-0.39, 0.29) is 6.61 Å². The normalized spacial score (nSPS) is 22.7. The Labute approximate surface area is 112 Å². The second-order valence-corrected chi connectivity index (χ2v) is 5.08. The minimum Gasteiger partial charge on any atom is -0.396 e. The van der Waals surface area contributed by atoms with E-state index in [4.69, 9.17) is 16.9 Å². The van der Waals surface area contributed by atoms with Crippen LogP contribution in [0.5, 0.6) is 0 Å². The molecule has 1 saturated carbocycles. The lowest BCUT2D eigenvalue weighted by atomic mass is 9.97. The van der Waals surface area contributed by atoms with Crippen molar-refractivity contribution in [1.29, 1.82) is 5.26 Å². The number of pyridine rings is 1. The first-order valence-electron chi connectivity index (χ1n) is 6.15. The summed E-state index contributed by atoms with van der Waals surface area (Å²) in [6.07, 6.45) is 3.39. The van der Waals surface area contributed by atoms with Crippen molar-refractivity contribution in [3.8, 4) is 6.07 Å². The summed E-state index contributed by atoms with van der Waals surface area (Å²) in [5.41, 5.74) is 0.502.